The second kappa shape index (κ2) is 6.65. The number of carbonyl (C=O) groups is 1. The fourth-order valence-electron chi connectivity index (χ4n) is 3.72. The SMILES string of the molecule is Cc1cc(C)cc(N2CC(c3nc(-c4cc(C)ccc4C)no3)CC2=O)c1. The third-order valence-electron chi connectivity index (χ3n) is 5.07. The minimum absolute atomic E-state index is 0.0790. The van der Waals surface area contributed by atoms with Gasteiger partial charge in [0.1, 0.15) is 0 Å². The molecular formula is C22H23N3O2. The van der Waals surface area contributed by atoms with Crippen LogP contribution in [0.15, 0.2) is 40.9 Å². The van der Waals surface area contributed by atoms with Gasteiger partial charge >= 0.3 is 0 Å². The highest BCUT2D eigenvalue weighted by atomic mass is 16.5. The summed E-state index contributed by atoms with van der Waals surface area (Å²) in [6, 6.07) is 12.4. The third kappa shape index (κ3) is 3.37. The fourth-order valence-corrected chi connectivity index (χ4v) is 3.72. The maximum absolute atomic E-state index is 12.6. The third-order valence-corrected chi connectivity index (χ3v) is 5.07. The lowest BCUT2D eigenvalue weighted by atomic mass is 10.1. The van der Waals surface area contributed by atoms with E-state index in [1.165, 1.54) is 0 Å². The number of amides is 1. The molecule has 2 aromatic carbocycles. The number of aryl methyl sites for hydroxylation is 4. The van der Waals surface area contributed by atoms with Crippen molar-refractivity contribution < 1.29 is 9.32 Å². The van der Waals surface area contributed by atoms with Gasteiger partial charge in [0.15, 0.2) is 0 Å². The predicted molar refractivity (Wildman–Crippen MR) is 105 cm³/mol. The summed E-state index contributed by atoms with van der Waals surface area (Å²) in [5.74, 6) is 1.13. The topological polar surface area (TPSA) is 59.2 Å². The van der Waals surface area contributed by atoms with Gasteiger partial charge in [-0.2, -0.15) is 4.98 Å². The lowest BCUT2D eigenvalue weighted by Crippen LogP contribution is -2.24. The van der Waals surface area contributed by atoms with E-state index in [0.717, 1.165) is 33.5 Å². The summed E-state index contributed by atoms with van der Waals surface area (Å²) in [6.07, 6.45) is 0.390. The molecule has 1 aliphatic rings. The summed E-state index contributed by atoms with van der Waals surface area (Å²) in [4.78, 5) is 19.0. The molecule has 0 spiro atoms. The fraction of sp³-hybridized carbons (Fsp3) is 0.318. The van der Waals surface area contributed by atoms with Gasteiger partial charge in [0, 0.05) is 24.2 Å². The van der Waals surface area contributed by atoms with E-state index < -0.39 is 0 Å². The molecule has 138 valence electrons. The molecule has 0 N–H and O–H groups in total. The average Bonchev–Trinajstić information content (AvgIpc) is 3.23. The summed E-state index contributed by atoms with van der Waals surface area (Å²) in [5.41, 5.74) is 6.47. The van der Waals surface area contributed by atoms with Crippen LogP contribution in [-0.4, -0.2) is 22.6 Å². The van der Waals surface area contributed by atoms with Gasteiger partial charge in [0.2, 0.25) is 17.6 Å². The van der Waals surface area contributed by atoms with Crippen molar-refractivity contribution >= 4 is 11.6 Å². The smallest absolute Gasteiger partial charge is 0.232 e. The lowest BCUT2D eigenvalue weighted by Gasteiger charge is -2.17. The van der Waals surface area contributed by atoms with Crippen molar-refractivity contribution in [1.82, 2.24) is 10.1 Å². The van der Waals surface area contributed by atoms with E-state index >= 15 is 0 Å². The van der Waals surface area contributed by atoms with E-state index in [1.54, 1.807) is 0 Å². The van der Waals surface area contributed by atoms with Crippen molar-refractivity contribution in [3.63, 3.8) is 0 Å². The van der Waals surface area contributed by atoms with Gasteiger partial charge in [0.25, 0.3) is 0 Å². The Kier molecular flexibility index (Phi) is 4.30. The van der Waals surface area contributed by atoms with Crippen LogP contribution in [0.5, 0.6) is 0 Å². The molecule has 1 unspecified atom stereocenters. The summed E-state index contributed by atoms with van der Waals surface area (Å²) >= 11 is 0. The van der Waals surface area contributed by atoms with Crippen LogP contribution in [0.2, 0.25) is 0 Å². The van der Waals surface area contributed by atoms with Crippen LogP contribution < -0.4 is 4.90 Å². The standard InChI is InChI=1S/C22H23N3O2/c1-13-5-6-16(4)19(10-13)21-23-22(27-24-21)17-11-20(26)25(12-17)18-8-14(2)7-15(3)9-18/h5-10,17H,11-12H2,1-4H3. The Bertz CT molecular complexity index is 1000. The number of hydrogen-bond donors (Lipinski definition) is 0. The van der Waals surface area contributed by atoms with E-state index in [0.29, 0.717) is 24.7 Å². The van der Waals surface area contributed by atoms with Gasteiger partial charge in [-0.1, -0.05) is 28.9 Å². The highest BCUT2D eigenvalue weighted by Gasteiger charge is 2.35. The van der Waals surface area contributed by atoms with Gasteiger partial charge < -0.3 is 9.42 Å². The van der Waals surface area contributed by atoms with E-state index in [9.17, 15) is 4.79 Å². The molecule has 1 aliphatic heterocycles. The second-order valence-electron chi connectivity index (χ2n) is 7.53. The monoisotopic (exact) mass is 361 g/mol. The lowest BCUT2D eigenvalue weighted by molar-refractivity contribution is -0.117. The summed E-state index contributed by atoms with van der Waals surface area (Å²) < 4.78 is 5.54. The van der Waals surface area contributed by atoms with Crippen molar-refractivity contribution in [3.8, 4) is 11.4 Å². The van der Waals surface area contributed by atoms with E-state index in [-0.39, 0.29) is 11.8 Å². The predicted octanol–water partition coefficient (Wildman–Crippen LogP) is 4.49. The molecule has 1 atom stereocenters. The van der Waals surface area contributed by atoms with Gasteiger partial charge in [0.05, 0.1) is 5.92 Å². The highest BCUT2D eigenvalue weighted by Crippen LogP contribution is 2.33. The maximum atomic E-state index is 12.6. The summed E-state index contributed by atoms with van der Waals surface area (Å²) in [6.45, 7) is 8.73. The first-order valence-corrected chi connectivity index (χ1v) is 9.20. The van der Waals surface area contributed by atoms with Crippen LogP contribution in [-0.2, 0) is 4.79 Å². The molecule has 1 amide bonds. The van der Waals surface area contributed by atoms with Crippen LogP contribution in [0.25, 0.3) is 11.4 Å². The quantitative estimate of drug-likeness (QED) is 0.690. The Morgan fingerprint density at radius 3 is 2.48 bits per heavy atom. The highest BCUT2D eigenvalue weighted by molar-refractivity contribution is 5.96. The molecule has 1 fully saturated rings. The van der Waals surface area contributed by atoms with Gasteiger partial charge in [-0.05, 0) is 62.6 Å². The number of anilines is 1. The summed E-state index contributed by atoms with van der Waals surface area (Å²) in [7, 11) is 0. The van der Waals surface area contributed by atoms with E-state index in [2.05, 4.69) is 34.4 Å². The molecule has 1 saturated heterocycles. The van der Waals surface area contributed by atoms with Crippen molar-refractivity contribution in [2.45, 2.75) is 40.0 Å². The van der Waals surface area contributed by atoms with Gasteiger partial charge in [-0.15, -0.1) is 0 Å². The molecule has 0 radical (unpaired) electrons. The van der Waals surface area contributed by atoms with Crippen molar-refractivity contribution in [3.05, 3.63) is 64.5 Å². The van der Waals surface area contributed by atoms with Crippen LogP contribution in [0.1, 0.15) is 40.5 Å². The van der Waals surface area contributed by atoms with Crippen LogP contribution >= 0.6 is 0 Å². The van der Waals surface area contributed by atoms with Crippen molar-refractivity contribution in [1.29, 1.82) is 0 Å². The number of hydrogen-bond acceptors (Lipinski definition) is 4. The number of rotatable bonds is 3. The first kappa shape index (κ1) is 17.5. The minimum Gasteiger partial charge on any atom is -0.339 e. The number of benzene rings is 2. The zero-order valence-electron chi connectivity index (χ0n) is 16.1. The average molecular weight is 361 g/mol. The Morgan fingerprint density at radius 2 is 1.74 bits per heavy atom. The largest absolute Gasteiger partial charge is 0.339 e. The van der Waals surface area contributed by atoms with Crippen molar-refractivity contribution in [2.24, 2.45) is 0 Å². The number of aromatic nitrogens is 2. The number of carbonyl (C=O) groups excluding carboxylic acids is 1. The molecule has 27 heavy (non-hydrogen) atoms. The minimum atomic E-state index is -0.0790. The number of nitrogens with zero attached hydrogens (tertiary/aromatic N) is 3. The van der Waals surface area contributed by atoms with Crippen LogP contribution in [0.4, 0.5) is 5.69 Å². The first-order valence-electron chi connectivity index (χ1n) is 9.20. The second-order valence-corrected chi connectivity index (χ2v) is 7.53. The van der Waals surface area contributed by atoms with E-state index in [1.807, 2.05) is 44.7 Å². The normalized spacial score (nSPS) is 17.0. The van der Waals surface area contributed by atoms with E-state index in [4.69, 9.17) is 4.52 Å². The molecular weight excluding hydrogens is 338 g/mol. The Hall–Kier alpha value is -2.95. The molecule has 4 rings (SSSR count). The molecule has 0 saturated carbocycles. The molecule has 3 aromatic rings. The zero-order valence-corrected chi connectivity index (χ0v) is 16.1. The molecule has 5 heteroatoms. The molecule has 0 bridgehead atoms. The molecule has 1 aromatic heterocycles. The van der Waals surface area contributed by atoms with Crippen molar-refractivity contribution in [2.75, 3.05) is 11.4 Å². The summed E-state index contributed by atoms with van der Waals surface area (Å²) in [5, 5.41) is 4.17. The van der Waals surface area contributed by atoms with Crippen LogP contribution in [0.3, 0.4) is 0 Å². The Morgan fingerprint density at radius 1 is 1.00 bits per heavy atom. The molecule has 2 heterocycles. The molecule has 0 aliphatic carbocycles. The first-order chi connectivity index (χ1) is 12.9. The van der Waals surface area contributed by atoms with Gasteiger partial charge in [-0.25, -0.2) is 0 Å². The Labute approximate surface area is 159 Å². The van der Waals surface area contributed by atoms with Crippen LogP contribution in [0, 0.1) is 27.7 Å². The zero-order chi connectivity index (χ0) is 19.1. The Balaban J connectivity index is 1.60. The van der Waals surface area contributed by atoms with Gasteiger partial charge in [-0.3, -0.25) is 4.79 Å². The molecule has 5 nitrogen and oxygen atoms in total. The maximum Gasteiger partial charge on any atom is 0.232 e.